The largest absolute Gasteiger partial charge is 0.493 e. The number of hydrogen-bond acceptors (Lipinski definition) is 4. The third kappa shape index (κ3) is 7.83. The predicted octanol–water partition coefficient (Wildman–Crippen LogP) is 3.47. The summed E-state index contributed by atoms with van der Waals surface area (Å²) in [6.45, 7) is 3.09. The maximum Gasteiger partial charge on any atom is 0.186 e. The fourth-order valence-corrected chi connectivity index (χ4v) is 2.22. The minimum atomic E-state index is 0.539. The number of rotatable bonds is 10. The van der Waals surface area contributed by atoms with Crippen molar-refractivity contribution in [2.75, 3.05) is 20.8 Å². The van der Waals surface area contributed by atoms with E-state index in [0.717, 1.165) is 18.5 Å². The quantitative estimate of drug-likeness (QED) is 0.296. The van der Waals surface area contributed by atoms with Crippen LogP contribution in [0.25, 0.3) is 0 Å². The van der Waals surface area contributed by atoms with Gasteiger partial charge in [-0.25, -0.2) is 0 Å². The van der Waals surface area contributed by atoms with Gasteiger partial charge in [0, 0.05) is 6.54 Å². The highest BCUT2D eigenvalue weighted by Gasteiger charge is 2.02. The number of thiocarbonyl (C=S) groups is 1. The summed E-state index contributed by atoms with van der Waals surface area (Å²) in [5, 5.41) is 7.81. The van der Waals surface area contributed by atoms with Crippen LogP contribution in [0, 0.1) is 0 Å². The molecule has 0 aliphatic carbocycles. The Hall–Kier alpha value is -1.82. The Labute approximate surface area is 144 Å². The molecule has 0 radical (unpaired) electrons. The SMILES string of the molecule is CCCCCCCNC(=S)NN=Cc1ccc(OC)c(OC)c1. The summed E-state index contributed by atoms with van der Waals surface area (Å²) < 4.78 is 10.4. The Morgan fingerprint density at radius 1 is 1.13 bits per heavy atom. The van der Waals surface area contributed by atoms with Gasteiger partial charge in [-0.1, -0.05) is 32.6 Å². The van der Waals surface area contributed by atoms with Crippen LogP contribution < -0.4 is 20.2 Å². The summed E-state index contributed by atoms with van der Waals surface area (Å²) in [5.41, 5.74) is 3.72. The molecule has 0 atom stereocenters. The van der Waals surface area contributed by atoms with Crippen molar-refractivity contribution in [2.24, 2.45) is 5.10 Å². The number of hydrogen-bond donors (Lipinski definition) is 2. The first-order chi connectivity index (χ1) is 11.2. The molecule has 0 spiro atoms. The van der Waals surface area contributed by atoms with E-state index in [1.807, 2.05) is 18.2 Å². The molecule has 0 aromatic heterocycles. The molecule has 6 heteroatoms. The van der Waals surface area contributed by atoms with E-state index in [-0.39, 0.29) is 0 Å². The van der Waals surface area contributed by atoms with Crippen molar-refractivity contribution in [3.63, 3.8) is 0 Å². The molecule has 2 N–H and O–H groups in total. The lowest BCUT2D eigenvalue weighted by molar-refractivity contribution is 0.355. The maximum absolute atomic E-state index is 5.25. The van der Waals surface area contributed by atoms with E-state index in [1.54, 1.807) is 20.4 Å². The van der Waals surface area contributed by atoms with Crippen LogP contribution in [0.3, 0.4) is 0 Å². The summed E-state index contributed by atoms with van der Waals surface area (Å²) >= 11 is 5.18. The van der Waals surface area contributed by atoms with Crippen molar-refractivity contribution in [2.45, 2.75) is 39.0 Å². The molecule has 0 unspecified atom stereocenters. The highest BCUT2D eigenvalue weighted by Crippen LogP contribution is 2.26. The van der Waals surface area contributed by atoms with Crippen molar-refractivity contribution in [1.82, 2.24) is 10.7 Å². The molecule has 1 aromatic carbocycles. The molecule has 128 valence electrons. The molecule has 5 nitrogen and oxygen atoms in total. The molecule has 0 aliphatic heterocycles. The summed E-state index contributed by atoms with van der Waals surface area (Å²) in [6.07, 6.45) is 7.91. The second-order valence-electron chi connectivity index (χ2n) is 5.15. The number of methoxy groups -OCH3 is 2. The zero-order chi connectivity index (χ0) is 16.9. The van der Waals surface area contributed by atoms with E-state index in [4.69, 9.17) is 21.7 Å². The van der Waals surface area contributed by atoms with E-state index >= 15 is 0 Å². The standard InChI is InChI=1S/C17H27N3O2S/c1-4-5-6-7-8-11-18-17(23)20-19-13-14-9-10-15(21-2)16(12-14)22-3/h9-10,12-13H,4-8,11H2,1-3H3,(H2,18,20,23). The summed E-state index contributed by atoms with van der Waals surface area (Å²) in [4.78, 5) is 0. The Bertz CT molecular complexity index is 507. The fourth-order valence-electron chi connectivity index (χ4n) is 2.07. The van der Waals surface area contributed by atoms with Crippen LogP contribution in [0.2, 0.25) is 0 Å². The Balaban J connectivity index is 2.31. The minimum Gasteiger partial charge on any atom is -0.493 e. The number of hydrazone groups is 1. The van der Waals surface area contributed by atoms with Crippen molar-refractivity contribution in [1.29, 1.82) is 0 Å². The smallest absolute Gasteiger partial charge is 0.186 e. The van der Waals surface area contributed by atoms with E-state index in [9.17, 15) is 0 Å². The molecule has 0 heterocycles. The van der Waals surface area contributed by atoms with Crippen LogP contribution in [0.5, 0.6) is 11.5 Å². The van der Waals surface area contributed by atoms with Gasteiger partial charge in [-0.05, 0) is 42.4 Å². The van der Waals surface area contributed by atoms with Gasteiger partial charge in [-0.15, -0.1) is 0 Å². The third-order valence-electron chi connectivity index (χ3n) is 3.35. The number of benzene rings is 1. The Morgan fingerprint density at radius 3 is 2.57 bits per heavy atom. The van der Waals surface area contributed by atoms with Gasteiger partial charge in [0.05, 0.1) is 20.4 Å². The second kappa shape index (κ2) is 11.7. The molecule has 1 rings (SSSR count). The lowest BCUT2D eigenvalue weighted by Gasteiger charge is -2.08. The average molecular weight is 337 g/mol. The first kappa shape index (κ1) is 19.2. The molecule has 1 aromatic rings. The zero-order valence-electron chi connectivity index (χ0n) is 14.2. The van der Waals surface area contributed by atoms with Gasteiger partial charge in [-0.2, -0.15) is 5.10 Å². The van der Waals surface area contributed by atoms with Gasteiger partial charge in [-0.3, -0.25) is 5.43 Å². The molecule has 0 amide bonds. The number of nitrogens with zero attached hydrogens (tertiary/aromatic N) is 1. The number of nitrogens with one attached hydrogen (secondary N) is 2. The average Bonchev–Trinajstić information content (AvgIpc) is 2.57. The minimum absolute atomic E-state index is 0.539. The molecule has 0 saturated heterocycles. The topological polar surface area (TPSA) is 54.9 Å². The Morgan fingerprint density at radius 2 is 1.87 bits per heavy atom. The van der Waals surface area contributed by atoms with Crippen LogP contribution in [0.4, 0.5) is 0 Å². The monoisotopic (exact) mass is 337 g/mol. The van der Waals surface area contributed by atoms with Crippen LogP contribution >= 0.6 is 12.2 Å². The van der Waals surface area contributed by atoms with Crippen molar-refractivity contribution < 1.29 is 9.47 Å². The summed E-state index contributed by atoms with van der Waals surface area (Å²) in [7, 11) is 3.22. The predicted molar refractivity (Wildman–Crippen MR) is 99.6 cm³/mol. The van der Waals surface area contributed by atoms with E-state index in [2.05, 4.69) is 22.8 Å². The van der Waals surface area contributed by atoms with Gasteiger partial charge in [0.1, 0.15) is 0 Å². The van der Waals surface area contributed by atoms with Crippen LogP contribution in [-0.4, -0.2) is 32.1 Å². The van der Waals surface area contributed by atoms with E-state index in [1.165, 1.54) is 25.7 Å². The molecule has 0 bridgehead atoms. The van der Waals surface area contributed by atoms with Gasteiger partial charge in [0.15, 0.2) is 16.6 Å². The van der Waals surface area contributed by atoms with E-state index in [0.29, 0.717) is 16.6 Å². The Kier molecular flexibility index (Phi) is 9.79. The first-order valence-corrected chi connectivity index (χ1v) is 8.41. The molecule has 0 saturated carbocycles. The molecule has 0 aliphatic rings. The van der Waals surface area contributed by atoms with Gasteiger partial charge in [0.25, 0.3) is 0 Å². The normalized spacial score (nSPS) is 10.6. The summed E-state index contributed by atoms with van der Waals surface area (Å²) in [5.74, 6) is 1.36. The van der Waals surface area contributed by atoms with Gasteiger partial charge in [0.2, 0.25) is 0 Å². The lowest BCUT2D eigenvalue weighted by atomic mass is 10.1. The van der Waals surface area contributed by atoms with Gasteiger partial charge >= 0.3 is 0 Å². The first-order valence-electron chi connectivity index (χ1n) is 8.00. The van der Waals surface area contributed by atoms with Crippen molar-refractivity contribution in [3.05, 3.63) is 23.8 Å². The highest BCUT2D eigenvalue weighted by molar-refractivity contribution is 7.80. The number of unbranched alkanes of at least 4 members (excludes halogenated alkanes) is 4. The second-order valence-corrected chi connectivity index (χ2v) is 5.56. The molecule has 0 fully saturated rings. The molecule has 23 heavy (non-hydrogen) atoms. The third-order valence-corrected chi connectivity index (χ3v) is 3.59. The maximum atomic E-state index is 5.25. The van der Waals surface area contributed by atoms with Crippen molar-refractivity contribution in [3.8, 4) is 11.5 Å². The lowest BCUT2D eigenvalue weighted by Crippen LogP contribution is -2.32. The van der Waals surface area contributed by atoms with Crippen LogP contribution in [0.1, 0.15) is 44.6 Å². The van der Waals surface area contributed by atoms with Crippen molar-refractivity contribution >= 4 is 23.5 Å². The molecular formula is C17H27N3O2S. The molecular weight excluding hydrogens is 310 g/mol. The van der Waals surface area contributed by atoms with Crippen LogP contribution in [0.15, 0.2) is 23.3 Å². The highest BCUT2D eigenvalue weighted by atomic mass is 32.1. The zero-order valence-corrected chi connectivity index (χ0v) is 15.0. The summed E-state index contributed by atoms with van der Waals surface area (Å²) in [6, 6.07) is 5.60. The number of ether oxygens (including phenoxy) is 2. The van der Waals surface area contributed by atoms with Gasteiger partial charge < -0.3 is 14.8 Å². The van der Waals surface area contributed by atoms with E-state index < -0.39 is 0 Å². The fraction of sp³-hybridized carbons (Fsp3) is 0.529. The van der Waals surface area contributed by atoms with Crippen LogP contribution in [-0.2, 0) is 0 Å².